The van der Waals surface area contributed by atoms with Crippen molar-refractivity contribution in [3.8, 4) is 0 Å². The zero-order chi connectivity index (χ0) is 14.5. The second kappa shape index (κ2) is 6.34. The van der Waals surface area contributed by atoms with Crippen molar-refractivity contribution < 1.29 is 9.18 Å². The van der Waals surface area contributed by atoms with Crippen LogP contribution in [-0.4, -0.2) is 17.4 Å². The Morgan fingerprint density at radius 1 is 1.40 bits per heavy atom. The highest BCUT2D eigenvalue weighted by atomic mass is 35.5. The molecule has 2 aromatic rings. The number of carbonyl (C=O) groups is 1. The topological polar surface area (TPSA) is 54.0 Å². The lowest BCUT2D eigenvalue weighted by molar-refractivity contribution is 0.102. The van der Waals surface area contributed by atoms with Crippen LogP contribution in [0.1, 0.15) is 17.3 Å². The van der Waals surface area contributed by atoms with Gasteiger partial charge in [0.05, 0.1) is 28.2 Å². The Bertz CT molecular complexity index is 613. The van der Waals surface area contributed by atoms with Crippen LogP contribution >= 0.6 is 11.6 Å². The second-order valence-electron chi connectivity index (χ2n) is 4.00. The Morgan fingerprint density at radius 2 is 2.20 bits per heavy atom. The maximum Gasteiger partial charge on any atom is 0.257 e. The van der Waals surface area contributed by atoms with Crippen molar-refractivity contribution in [1.82, 2.24) is 4.98 Å². The van der Waals surface area contributed by atoms with Gasteiger partial charge in [0, 0.05) is 12.7 Å². The van der Waals surface area contributed by atoms with Gasteiger partial charge in [0.1, 0.15) is 5.82 Å². The summed E-state index contributed by atoms with van der Waals surface area (Å²) in [5, 5.41) is 5.65. The fourth-order valence-electron chi connectivity index (χ4n) is 1.72. The molecule has 0 fully saturated rings. The average Bonchev–Trinajstić information content (AvgIpc) is 2.44. The lowest BCUT2D eigenvalue weighted by atomic mass is 10.2. The van der Waals surface area contributed by atoms with Crippen LogP contribution in [0.2, 0.25) is 5.02 Å². The maximum absolute atomic E-state index is 13.6. The Hall–Kier alpha value is -2.14. The molecular formula is C14H13ClFN3O. The SMILES string of the molecule is CCNc1cnccc1C(=O)Nc1c(F)cccc1Cl. The summed E-state index contributed by atoms with van der Waals surface area (Å²) in [4.78, 5) is 16.2. The standard InChI is InChI=1S/C14H13ClFN3O/c1-2-18-12-8-17-7-6-9(12)14(20)19-13-10(15)4-3-5-11(13)16/h3-8,18H,2H2,1H3,(H,19,20). The van der Waals surface area contributed by atoms with E-state index in [9.17, 15) is 9.18 Å². The third-order valence-electron chi connectivity index (χ3n) is 2.63. The van der Waals surface area contributed by atoms with E-state index in [0.29, 0.717) is 17.8 Å². The first-order valence-electron chi connectivity index (χ1n) is 6.06. The van der Waals surface area contributed by atoms with Gasteiger partial charge in [-0.1, -0.05) is 17.7 Å². The Labute approximate surface area is 121 Å². The molecule has 0 spiro atoms. The number of carbonyl (C=O) groups excluding carboxylic acids is 1. The fourth-order valence-corrected chi connectivity index (χ4v) is 1.93. The van der Waals surface area contributed by atoms with E-state index < -0.39 is 11.7 Å². The van der Waals surface area contributed by atoms with Crippen LogP contribution in [0.15, 0.2) is 36.7 Å². The lowest BCUT2D eigenvalue weighted by Gasteiger charge is -2.11. The van der Waals surface area contributed by atoms with Crippen LogP contribution in [0.25, 0.3) is 0 Å². The molecule has 0 aliphatic rings. The summed E-state index contributed by atoms with van der Waals surface area (Å²) >= 11 is 5.88. The number of nitrogens with one attached hydrogen (secondary N) is 2. The normalized spacial score (nSPS) is 10.2. The van der Waals surface area contributed by atoms with Gasteiger partial charge in [-0.25, -0.2) is 4.39 Å². The number of para-hydroxylation sites is 1. The largest absolute Gasteiger partial charge is 0.383 e. The number of pyridine rings is 1. The number of nitrogens with zero attached hydrogens (tertiary/aromatic N) is 1. The fraction of sp³-hybridized carbons (Fsp3) is 0.143. The number of benzene rings is 1. The predicted molar refractivity (Wildman–Crippen MR) is 77.8 cm³/mol. The van der Waals surface area contributed by atoms with Gasteiger partial charge in [-0.2, -0.15) is 0 Å². The van der Waals surface area contributed by atoms with Crippen LogP contribution in [0.3, 0.4) is 0 Å². The highest BCUT2D eigenvalue weighted by Gasteiger charge is 2.15. The maximum atomic E-state index is 13.6. The van der Waals surface area contributed by atoms with Gasteiger partial charge in [0.2, 0.25) is 0 Å². The molecule has 4 nitrogen and oxygen atoms in total. The molecule has 1 aromatic carbocycles. The number of rotatable bonds is 4. The minimum absolute atomic E-state index is 0.0292. The van der Waals surface area contributed by atoms with Crippen molar-refractivity contribution in [2.75, 3.05) is 17.2 Å². The first-order valence-corrected chi connectivity index (χ1v) is 6.44. The highest BCUT2D eigenvalue weighted by molar-refractivity contribution is 6.34. The van der Waals surface area contributed by atoms with Crippen molar-refractivity contribution in [1.29, 1.82) is 0 Å². The summed E-state index contributed by atoms with van der Waals surface area (Å²) in [5.74, 6) is -1.03. The minimum Gasteiger partial charge on any atom is -0.383 e. The van der Waals surface area contributed by atoms with Crippen molar-refractivity contribution >= 4 is 28.9 Å². The van der Waals surface area contributed by atoms with Crippen LogP contribution < -0.4 is 10.6 Å². The number of hydrogen-bond donors (Lipinski definition) is 2. The molecule has 0 unspecified atom stereocenters. The van der Waals surface area contributed by atoms with E-state index in [2.05, 4.69) is 15.6 Å². The summed E-state index contributed by atoms with van der Waals surface area (Å²) < 4.78 is 13.6. The lowest BCUT2D eigenvalue weighted by Crippen LogP contribution is -2.16. The van der Waals surface area contributed by atoms with Crippen LogP contribution in [0.4, 0.5) is 15.8 Å². The Morgan fingerprint density at radius 3 is 2.90 bits per heavy atom. The molecule has 0 saturated carbocycles. The molecule has 20 heavy (non-hydrogen) atoms. The van der Waals surface area contributed by atoms with Crippen LogP contribution in [0, 0.1) is 5.82 Å². The van der Waals surface area contributed by atoms with Gasteiger partial charge < -0.3 is 10.6 Å². The summed E-state index contributed by atoms with van der Waals surface area (Å²) in [5.41, 5.74) is 0.930. The second-order valence-corrected chi connectivity index (χ2v) is 4.41. The summed E-state index contributed by atoms with van der Waals surface area (Å²) in [6.45, 7) is 2.55. The van der Waals surface area contributed by atoms with Gasteiger partial charge in [0.15, 0.2) is 0 Å². The molecule has 104 valence electrons. The minimum atomic E-state index is -0.579. The molecular weight excluding hydrogens is 281 g/mol. The smallest absolute Gasteiger partial charge is 0.257 e. The predicted octanol–water partition coefficient (Wildman–Crippen LogP) is 3.56. The van der Waals surface area contributed by atoms with E-state index in [1.165, 1.54) is 24.4 Å². The van der Waals surface area contributed by atoms with Gasteiger partial charge in [0.25, 0.3) is 5.91 Å². The van der Waals surface area contributed by atoms with E-state index >= 15 is 0 Å². The van der Waals surface area contributed by atoms with E-state index in [1.54, 1.807) is 12.3 Å². The van der Waals surface area contributed by atoms with Crippen LogP contribution in [0.5, 0.6) is 0 Å². The Balaban J connectivity index is 2.29. The first kappa shape index (κ1) is 14.3. The first-order chi connectivity index (χ1) is 9.63. The number of aromatic nitrogens is 1. The molecule has 1 amide bonds. The van der Waals surface area contributed by atoms with E-state index in [4.69, 9.17) is 11.6 Å². The number of amides is 1. The molecule has 6 heteroatoms. The Kier molecular flexibility index (Phi) is 4.53. The molecule has 1 aromatic heterocycles. The van der Waals surface area contributed by atoms with Crippen molar-refractivity contribution in [3.63, 3.8) is 0 Å². The summed E-state index contributed by atoms with van der Waals surface area (Å²) in [6.07, 6.45) is 3.04. The van der Waals surface area contributed by atoms with Crippen molar-refractivity contribution in [2.45, 2.75) is 6.92 Å². The van der Waals surface area contributed by atoms with Gasteiger partial charge >= 0.3 is 0 Å². The third-order valence-corrected chi connectivity index (χ3v) is 2.95. The van der Waals surface area contributed by atoms with Crippen LogP contribution in [-0.2, 0) is 0 Å². The highest BCUT2D eigenvalue weighted by Crippen LogP contribution is 2.26. The molecule has 0 radical (unpaired) electrons. The van der Waals surface area contributed by atoms with E-state index in [-0.39, 0.29) is 10.7 Å². The molecule has 0 aliphatic carbocycles. The average molecular weight is 294 g/mol. The molecule has 2 N–H and O–H groups in total. The molecule has 0 aliphatic heterocycles. The monoisotopic (exact) mass is 293 g/mol. The zero-order valence-corrected chi connectivity index (χ0v) is 11.5. The van der Waals surface area contributed by atoms with E-state index in [0.717, 1.165) is 0 Å². The quantitative estimate of drug-likeness (QED) is 0.906. The molecule has 0 bridgehead atoms. The van der Waals surface area contributed by atoms with Crippen molar-refractivity contribution in [3.05, 3.63) is 53.1 Å². The number of hydrogen-bond acceptors (Lipinski definition) is 3. The summed E-state index contributed by atoms with van der Waals surface area (Å²) in [6, 6.07) is 5.78. The van der Waals surface area contributed by atoms with Crippen molar-refractivity contribution in [2.24, 2.45) is 0 Å². The zero-order valence-electron chi connectivity index (χ0n) is 10.8. The van der Waals surface area contributed by atoms with Gasteiger partial charge in [-0.05, 0) is 25.1 Å². The van der Waals surface area contributed by atoms with Gasteiger partial charge in [-0.15, -0.1) is 0 Å². The molecule has 0 saturated heterocycles. The van der Waals surface area contributed by atoms with Gasteiger partial charge in [-0.3, -0.25) is 9.78 Å². The molecule has 1 heterocycles. The molecule has 0 atom stereocenters. The number of anilines is 2. The summed E-state index contributed by atoms with van der Waals surface area (Å²) in [7, 11) is 0. The molecule has 2 rings (SSSR count). The third kappa shape index (κ3) is 3.05. The number of halogens is 2. The van der Waals surface area contributed by atoms with E-state index in [1.807, 2.05) is 6.92 Å².